The lowest BCUT2D eigenvalue weighted by Gasteiger charge is -1.96. The predicted octanol–water partition coefficient (Wildman–Crippen LogP) is 1.14. The Morgan fingerprint density at radius 1 is 1.61 bits per heavy atom. The van der Waals surface area contributed by atoms with Crippen molar-refractivity contribution in [3.05, 3.63) is 17.6 Å². The number of nitrogens with zero attached hydrogens (tertiary/aromatic N) is 3. The van der Waals surface area contributed by atoms with Crippen LogP contribution < -0.4 is 5.73 Å². The molecule has 18 heavy (non-hydrogen) atoms. The zero-order chi connectivity index (χ0) is 13.3. The maximum absolute atomic E-state index is 11.6. The Hall–Kier alpha value is -2.31. The van der Waals surface area contributed by atoms with Crippen LogP contribution in [-0.4, -0.2) is 27.3 Å². The van der Waals surface area contributed by atoms with Gasteiger partial charge >= 0.3 is 5.97 Å². The number of aryl methyl sites for hydroxylation is 2. The number of carbonyl (C=O) groups excluding carboxylic acids is 1. The van der Waals surface area contributed by atoms with Gasteiger partial charge in [-0.05, 0) is 13.8 Å². The van der Waals surface area contributed by atoms with Crippen molar-refractivity contribution in [3.8, 4) is 11.5 Å². The van der Waals surface area contributed by atoms with Gasteiger partial charge in [0, 0.05) is 13.2 Å². The van der Waals surface area contributed by atoms with Gasteiger partial charge in [0.1, 0.15) is 0 Å². The number of nitrogen functional groups attached to an aromatic ring is 1. The molecule has 0 aromatic carbocycles. The van der Waals surface area contributed by atoms with Gasteiger partial charge in [0.05, 0.1) is 17.9 Å². The molecule has 7 heteroatoms. The van der Waals surface area contributed by atoms with E-state index in [1.165, 1.54) is 0 Å². The molecular formula is C11H14N4O3. The lowest BCUT2D eigenvalue weighted by atomic mass is 10.3. The molecule has 0 bridgehead atoms. The number of carbonyl (C=O) groups is 1. The number of nitrogens with two attached hydrogens (primary N) is 1. The number of hydrogen-bond donors (Lipinski definition) is 1. The van der Waals surface area contributed by atoms with Crippen molar-refractivity contribution in [2.24, 2.45) is 7.05 Å². The Balaban J connectivity index is 2.40. The molecule has 2 rings (SSSR count). The molecule has 0 atom stereocenters. The molecule has 2 aromatic heterocycles. The Morgan fingerprint density at radius 3 is 2.89 bits per heavy atom. The third kappa shape index (κ3) is 2.06. The second kappa shape index (κ2) is 4.52. The van der Waals surface area contributed by atoms with E-state index in [4.69, 9.17) is 14.9 Å². The van der Waals surface area contributed by atoms with E-state index in [-0.39, 0.29) is 24.1 Å². The van der Waals surface area contributed by atoms with Crippen LogP contribution in [0.1, 0.15) is 23.1 Å². The van der Waals surface area contributed by atoms with Crippen LogP contribution in [0.15, 0.2) is 10.6 Å². The number of esters is 1. The smallest absolute Gasteiger partial charge is 0.362 e. The van der Waals surface area contributed by atoms with Gasteiger partial charge in [-0.3, -0.25) is 4.68 Å². The topological polar surface area (TPSA) is 96.2 Å². The number of hydrogen-bond acceptors (Lipinski definition) is 6. The lowest BCUT2D eigenvalue weighted by molar-refractivity contribution is 0.0521. The Morgan fingerprint density at radius 2 is 2.33 bits per heavy atom. The van der Waals surface area contributed by atoms with E-state index in [0.29, 0.717) is 5.56 Å². The predicted molar refractivity (Wildman–Crippen MR) is 63.8 cm³/mol. The third-order valence-electron chi connectivity index (χ3n) is 2.37. The van der Waals surface area contributed by atoms with Gasteiger partial charge in [-0.1, -0.05) is 0 Å². The average molecular weight is 250 g/mol. The zero-order valence-corrected chi connectivity index (χ0v) is 10.4. The third-order valence-corrected chi connectivity index (χ3v) is 2.37. The number of rotatable bonds is 3. The minimum Gasteiger partial charge on any atom is -0.461 e. The van der Waals surface area contributed by atoms with Crippen molar-refractivity contribution in [1.82, 2.24) is 14.8 Å². The van der Waals surface area contributed by atoms with E-state index >= 15 is 0 Å². The van der Waals surface area contributed by atoms with Crippen molar-refractivity contribution in [2.45, 2.75) is 13.8 Å². The molecule has 7 nitrogen and oxygen atoms in total. The molecule has 0 unspecified atom stereocenters. The molecule has 0 radical (unpaired) electrons. The van der Waals surface area contributed by atoms with Crippen LogP contribution in [0.25, 0.3) is 11.5 Å². The number of anilines is 1. The van der Waals surface area contributed by atoms with Crippen molar-refractivity contribution >= 4 is 11.9 Å². The highest BCUT2D eigenvalue weighted by molar-refractivity contribution is 5.92. The monoisotopic (exact) mass is 250 g/mol. The molecule has 0 fully saturated rings. The highest BCUT2D eigenvalue weighted by Crippen LogP contribution is 2.25. The summed E-state index contributed by atoms with van der Waals surface area (Å²) in [6.07, 6.45) is 1.75. The molecule has 2 heterocycles. The molecule has 0 aliphatic carbocycles. The van der Waals surface area contributed by atoms with Gasteiger partial charge in [-0.15, -0.1) is 0 Å². The van der Waals surface area contributed by atoms with Crippen LogP contribution in [0.5, 0.6) is 0 Å². The summed E-state index contributed by atoms with van der Waals surface area (Å²) in [6.45, 7) is 3.78. The minimum atomic E-state index is -0.591. The molecule has 2 N–H and O–H groups in total. The van der Waals surface area contributed by atoms with Gasteiger partial charge in [0.15, 0.2) is 0 Å². The molecule has 0 saturated heterocycles. The second-order valence-corrected chi connectivity index (χ2v) is 3.75. The fourth-order valence-corrected chi connectivity index (χ4v) is 1.60. The summed E-state index contributed by atoms with van der Waals surface area (Å²) in [4.78, 5) is 15.6. The summed E-state index contributed by atoms with van der Waals surface area (Å²) in [7, 11) is 1.79. The van der Waals surface area contributed by atoms with Gasteiger partial charge in [0.2, 0.25) is 17.5 Å². The van der Waals surface area contributed by atoms with E-state index < -0.39 is 5.97 Å². The Kier molecular flexibility index (Phi) is 3.05. The van der Waals surface area contributed by atoms with Crippen molar-refractivity contribution in [3.63, 3.8) is 0 Å². The van der Waals surface area contributed by atoms with E-state index in [0.717, 1.165) is 5.69 Å². The Labute approximate surface area is 104 Å². The lowest BCUT2D eigenvalue weighted by Crippen LogP contribution is -2.07. The molecule has 0 spiro atoms. The summed E-state index contributed by atoms with van der Waals surface area (Å²) < 4.78 is 11.7. The summed E-state index contributed by atoms with van der Waals surface area (Å²) in [5, 5.41) is 4.17. The number of oxazole rings is 1. The minimum absolute atomic E-state index is 0.00453. The van der Waals surface area contributed by atoms with Gasteiger partial charge < -0.3 is 14.9 Å². The van der Waals surface area contributed by atoms with Crippen molar-refractivity contribution in [2.75, 3.05) is 12.3 Å². The molecule has 0 saturated carbocycles. The fraction of sp³-hybridized carbons (Fsp3) is 0.364. The summed E-state index contributed by atoms with van der Waals surface area (Å²) >= 11 is 0. The van der Waals surface area contributed by atoms with Crippen LogP contribution in [0, 0.1) is 6.92 Å². The molecule has 96 valence electrons. The SMILES string of the molecule is CCOC(=O)c1nc(-c2cn(C)nc2C)oc1N. The van der Waals surface area contributed by atoms with Crippen LogP contribution >= 0.6 is 0 Å². The van der Waals surface area contributed by atoms with Crippen LogP contribution in [0.4, 0.5) is 5.88 Å². The van der Waals surface area contributed by atoms with Crippen molar-refractivity contribution in [1.29, 1.82) is 0 Å². The first kappa shape index (κ1) is 12.2. The second-order valence-electron chi connectivity index (χ2n) is 3.75. The average Bonchev–Trinajstić information content (AvgIpc) is 2.82. The molecule has 2 aromatic rings. The molecule has 0 aliphatic rings. The maximum Gasteiger partial charge on any atom is 0.362 e. The largest absolute Gasteiger partial charge is 0.461 e. The first-order valence-corrected chi connectivity index (χ1v) is 5.47. The van der Waals surface area contributed by atoms with E-state index in [1.54, 1.807) is 24.9 Å². The fourth-order valence-electron chi connectivity index (χ4n) is 1.60. The van der Waals surface area contributed by atoms with Gasteiger partial charge in [-0.2, -0.15) is 10.1 Å². The number of aromatic nitrogens is 3. The summed E-state index contributed by atoms with van der Waals surface area (Å²) in [5.74, 6) is -0.376. The normalized spacial score (nSPS) is 10.6. The van der Waals surface area contributed by atoms with Crippen molar-refractivity contribution < 1.29 is 13.9 Å². The molecular weight excluding hydrogens is 236 g/mol. The standard InChI is InChI=1S/C11H14N4O3/c1-4-17-11(16)8-9(12)18-10(13-8)7-5-15(3)14-6(7)2/h5H,4,12H2,1-3H3. The van der Waals surface area contributed by atoms with E-state index in [9.17, 15) is 4.79 Å². The quantitative estimate of drug-likeness (QED) is 0.820. The zero-order valence-electron chi connectivity index (χ0n) is 10.4. The van der Waals surface area contributed by atoms with Crippen LogP contribution in [-0.2, 0) is 11.8 Å². The highest BCUT2D eigenvalue weighted by Gasteiger charge is 2.21. The maximum atomic E-state index is 11.6. The molecule has 0 amide bonds. The van der Waals surface area contributed by atoms with Crippen LogP contribution in [0.3, 0.4) is 0 Å². The first-order chi connectivity index (χ1) is 8.52. The summed E-state index contributed by atoms with van der Waals surface area (Å²) in [5.41, 5.74) is 7.04. The first-order valence-electron chi connectivity index (χ1n) is 5.47. The van der Waals surface area contributed by atoms with Gasteiger partial charge in [0.25, 0.3) is 0 Å². The molecule has 0 aliphatic heterocycles. The highest BCUT2D eigenvalue weighted by atomic mass is 16.5. The van der Waals surface area contributed by atoms with Crippen LogP contribution in [0.2, 0.25) is 0 Å². The number of ether oxygens (including phenoxy) is 1. The Bertz CT molecular complexity index is 585. The van der Waals surface area contributed by atoms with Gasteiger partial charge in [-0.25, -0.2) is 4.79 Å². The van der Waals surface area contributed by atoms with E-state index in [1.807, 2.05) is 6.92 Å². The summed E-state index contributed by atoms with van der Waals surface area (Å²) in [6, 6.07) is 0. The van der Waals surface area contributed by atoms with E-state index in [2.05, 4.69) is 10.1 Å².